The average Bonchev–Trinajstić information content (AvgIpc) is 2.07. The van der Waals surface area contributed by atoms with Crippen LogP contribution in [-0.4, -0.2) is 12.5 Å². The first-order valence-electron chi connectivity index (χ1n) is 3.89. The van der Waals surface area contributed by atoms with E-state index in [1.807, 2.05) is 38.5 Å². The van der Waals surface area contributed by atoms with Gasteiger partial charge in [-0.2, -0.15) is 18.2 Å². The number of carbonyl (C=O) groups excluding carboxylic acids is 1. The van der Waals surface area contributed by atoms with Gasteiger partial charge in [-0.3, -0.25) is 6.07 Å². The summed E-state index contributed by atoms with van der Waals surface area (Å²) in [6.07, 6.45) is 1.87. The first-order valence-corrected chi connectivity index (χ1v) is 3.89. The van der Waals surface area contributed by atoms with E-state index in [2.05, 4.69) is 6.07 Å². The molecule has 1 radical (unpaired) electrons. The second-order valence-electron chi connectivity index (χ2n) is 2.80. The van der Waals surface area contributed by atoms with Crippen molar-refractivity contribution < 1.29 is 23.4 Å². The van der Waals surface area contributed by atoms with Crippen molar-refractivity contribution in [2.75, 3.05) is 4.90 Å². The van der Waals surface area contributed by atoms with E-state index in [1.165, 1.54) is 4.90 Å². The Bertz CT molecular complexity index is 248. The molecule has 1 aromatic rings. The fraction of sp³-hybridized carbons (Fsp3) is 0.300. The molecule has 0 saturated heterocycles. The van der Waals surface area contributed by atoms with Gasteiger partial charge in [-0.15, -0.1) is 0 Å². The van der Waals surface area contributed by atoms with Crippen molar-refractivity contribution >= 4 is 12.1 Å². The Kier molecular flexibility index (Phi) is 5.52. The van der Waals surface area contributed by atoms with Crippen molar-refractivity contribution in [2.24, 2.45) is 0 Å². The maximum atomic E-state index is 10.5. The summed E-state index contributed by atoms with van der Waals surface area (Å²) in [5.41, 5.74) is 0.766. The zero-order valence-corrected chi connectivity index (χ0v) is 9.09. The molecule has 0 N–H and O–H groups in total. The second kappa shape index (κ2) is 5.84. The molecule has 0 aliphatic rings. The van der Waals surface area contributed by atoms with Crippen LogP contribution in [0.3, 0.4) is 0 Å². The van der Waals surface area contributed by atoms with E-state index < -0.39 is 0 Å². The largest absolute Gasteiger partial charge is 2.00 e. The number of hydrogen-bond acceptors (Lipinski definition) is 1. The van der Waals surface area contributed by atoms with Crippen LogP contribution in [0.25, 0.3) is 0 Å². The molecule has 0 atom stereocenters. The van der Waals surface area contributed by atoms with Gasteiger partial charge in [0.05, 0.1) is 6.41 Å². The topological polar surface area (TPSA) is 20.3 Å². The first kappa shape index (κ1) is 12.3. The quantitative estimate of drug-likeness (QED) is 0.552. The van der Waals surface area contributed by atoms with Gasteiger partial charge in [-0.25, -0.2) is 11.8 Å². The Morgan fingerprint density at radius 3 is 2.54 bits per heavy atom. The van der Waals surface area contributed by atoms with Crippen LogP contribution in [0.2, 0.25) is 0 Å². The molecule has 67 valence electrons. The van der Waals surface area contributed by atoms with E-state index in [0.717, 1.165) is 5.69 Å². The molecular formula is C10H11NOV. The van der Waals surface area contributed by atoms with Crippen LogP contribution in [0.5, 0.6) is 0 Å². The number of amides is 1. The van der Waals surface area contributed by atoms with E-state index >= 15 is 0 Å². The van der Waals surface area contributed by atoms with Crippen molar-refractivity contribution in [1.82, 2.24) is 0 Å². The Balaban J connectivity index is 0.00000144. The van der Waals surface area contributed by atoms with Gasteiger partial charge in [0.15, 0.2) is 0 Å². The second-order valence-corrected chi connectivity index (χ2v) is 2.80. The standard InChI is InChI=1S/C10H11NO.V/c1-9(2)11(8-12)10-6-4-3-5-7-10;/h3-6,9H,1-2H3;/q-2;+2. The Hall–Kier alpha value is -0.726. The van der Waals surface area contributed by atoms with E-state index in [-0.39, 0.29) is 24.6 Å². The van der Waals surface area contributed by atoms with E-state index in [1.54, 1.807) is 6.07 Å². The molecule has 0 saturated carbocycles. The third-order valence-corrected chi connectivity index (χ3v) is 1.57. The van der Waals surface area contributed by atoms with Gasteiger partial charge in [0, 0.05) is 0 Å². The number of hydrogen-bond donors (Lipinski definition) is 0. The molecule has 0 spiro atoms. The normalized spacial score (nSPS) is 9.15. The summed E-state index contributed by atoms with van der Waals surface area (Å²) >= 11 is 0. The van der Waals surface area contributed by atoms with Gasteiger partial charge in [-0.1, -0.05) is 0 Å². The number of rotatable bonds is 3. The zero-order valence-electron chi connectivity index (χ0n) is 7.69. The van der Waals surface area contributed by atoms with Crippen molar-refractivity contribution in [3.63, 3.8) is 0 Å². The summed E-state index contributed by atoms with van der Waals surface area (Å²) < 4.78 is 0. The van der Waals surface area contributed by atoms with Crippen molar-refractivity contribution in [3.8, 4) is 0 Å². The SMILES string of the molecule is CC(C)N([C-]=O)c1[c-]cccc1.[V+2]. The van der Waals surface area contributed by atoms with Crippen LogP contribution in [0.1, 0.15) is 13.8 Å². The molecule has 0 unspecified atom stereocenters. The van der Waals surface area contributed by atoms with Gasteiger partial charge < -0.3 is 9.69 Å². The fourth-order valence-electron chi connectivity index (χ4n) is 0.966. The summed E-state index contributed by atoms with van der Waals surface area (Å²) in [6.45, 7) is 3.87. The average molecular weight is 212 g/mol. The summed E-state index contributed by atoms with van der Waals surface area (Å²) in [5.74, 6) is 0. The fourth-order valence-corrected chi connectivity index (χ4v) is 0.966. The van der Waals surface area contributed by atoms with Crippen molar-refractivity contribution in [1.29, 1.82) is 0 Å². The smallest absolute Gasteiger partial charge is 0.496 e. The van der Waals surface area contributed by atoms with E-state index in [9.17, 15) is 4.79 Å². The molecule has 3 heteroatoms. The summed E-state index contributed by atoms with van der Waals surface area (Å²) in [6, 6.07) is 10.4. The molecule has 0 bridgehead atoms. The maximum Gasteiger partial charge on any atom is 2.00 e. The minimum atomic E-state index is 0. The maximum absolute atomic E-state index is 10.5. The van der Waals surface area contributed by atoms with Crippen LogP contribution in [0, 0.1) is 6.07 Å². The van der Waals surface area contributed by atoms with Gasteiger partial charge >= 0.3 is 18.6 Å². The van der Waals surface area contributed by atoms with Crippen LogP contribution in [0.4, 0.5) is 5.69 Å². The minimum absolute atomic E-state index is 0. The molecular weight excluding hydrogens is 201 g/mol. The van der Waals surface area contributed by atoms with E-state index in [4.69, 9.17) is 0 Å². The molecule has 0 heterocycles. The number of benzene rings is 1. The molecule has 0 aliphatic heterocycles. The minimum Gasteiger partial charge on any atom is -0.496 e. The first-order chi connectivity index (χ1) is 5.75. The molecule has 2 nitrogen and oxygen atoms in total. The van der Waals surface area contributed by atoms with Crippen LogP contribution in [0.15, 0.2) is 24.3 Å². The summed E-state index contributed by atoms with van der Waals surface area (Å²) in [5, 5.41) is 0. The van der Waals surface area contributed by atoms with Crippen LogP contribution in [-0.2, 0) is 23.4 Å². The Morgan fingerprint density at radius 1 is 1.46 bits per heavy atom. The molecule has 1 rings (SSSR count). The van der Waals surface area contributed by atoms with Gasteiger partial charge in [0.1, 0.15) is 0 Å². The zero-order chi connectivity index (χ0) is 8.97. The van der Waals surface area contributed by atoms with Gasteiger partial charge in [0.2, 0.25) is 0 Å². The molecule has 0 fully saturated rings. The Labute approximate surface area is 90.8 Å². The Morgan fingerprint density at radius 2 is 2.15 bits per heavy atom. The predicted octanol–water partition coefficient (Wildman–Crippen LogP) is 1.77. The molecule has 0 aromatic heterocycles. The number of anilines is 1. The van der Waals surface area contributed by atoms with Crippen molar-refractivity contribution in [2.45, 2.75) is 19.9 Å². The van der Waals surface area contributed by atoms with Crippen molar-refractivity contribution in [3.05, 3.63) is 30.3 Å². The third-order valence-electron chi connectivity index (χ3n) is 1.57. The molecule has 0 aliphatic carbocycles. The molecule has 1 amide bonds. The molecule has 13 heavy (non-hydrogen) atoms. The summed E-state index contributed by atoms with van der Waals surface area (Å²) in [4.78, 5) is 12.0. The van der Waals surface area contributed by atoms with Gasteiger partial charge in [-0.05, 0) is 19.9 Å². The molecule has 1 aromatic carbocycles. The number of para-hydroxylation sites is 1. The summed E-state index contributed by atoms with van der Waals surface area (Å²) in [7, 11) is 0. The number of nitrogens with zero attached hydrogens (tertiary/aromatic N) is 1. The van der Waals surface area contributed by atoms with Crippen LogP contribution < -0.4 is 4.90 Å². The monoisotopic (exact) mass is 212 g/mol. The third kappa shape index (κ3) is 3.25. The van der Waals surface area contributed by atoms with Crippen LogP contribution >= 0.6 is 0 Å². The van der Waals surface area contributed by atoms with Gasteiger partial charge in [0.25, 0.3) is 0 Å². The predicted molar refractivity (Wildman–Crippen MR) is 48.6 cm³/mol. The van der Waals surface area contributed by atoms with E-state index in [0.29, 0.717) is 0 Å².